The quantitative estimate of drug-likeness (QED) is 0.554. The number of amides is 2. The van der Waals surface area contributed by atoms with Crippen molar-refractivity contribution in [2.45, 2.75) is 0 Å². The van der Waals surface area contributed by atoms with Gasteiger partial charge in [0.25, 0.3) is 11.1 Å². The van der Waals surface area contributed by atoms with E-state index in [4.69, 9.17) is 9.47 Å². The van der Waals surface area contributed by atoms with Crippen molar-refractivity contribution in [3.05, 3.63) is 51.1 Å². The predicted octanol–water partition coefficient (Wildman–Crippen LogP) is 3.68. The number of benzene rings is 1. The smallest absolute Gasteiger partial charge is 0.293 e. The Balaban J connectivity index is 1.79. The summed E-state index contributed by atoms with van der Waals surface area (Å²) in [4.78, 5) is 39.4. The summed E-state index contributed by atoms with van der Waals surface area (Å²) in [5.41, 5.74) is 0.287. The third-order valence-corrected chi connectivity index (χ3v) is 5.43. The second kappa shape index (κ2) is 7.76. The van der Waals surface area contributed by atoms with Crippen LogP contribution in [0.15, 0.2) is 40.6 Å². The van der Waals surface area contributed by atoms with Crippen molar-refractivity contribution < 1.29 is 23.9 Å². The third-order valence-electron chi connectivity index (χ3n) is 3.70. The van der Waals surface area contributed by atoms with Gasteiger partial charge in [-0.15, -0.1) is 11.3 Å². The van der Waals surface area contributed by atoms with Crippen LogP contribution in [-0.2, 0) is 4.79 Å². The Morgan fingerprint density at radius 2 is 2.00 bits per heavy atom. The SMILES string of the molecule is COc1ccc(C(=O)CN2C(=O)S/C(=C\c3cccs3)C2=O)c(OC)c1. The van der Waals surface area contributed by atoms with Gasteiger partial charge in [-0.05, 0) is 41.4 Å². The van der Waals surface area contributed by atoms with Crippen LogP contribution in [0, 0.1) is 0 Å². The summed E-state index contributed by atoms with van der Waals surface area (Å²) in [5, 5.41) is 1.42. The van der Waals surface area contributed by atoms with E-state index < -0.39 is 11.1 Å². The molecule has 1 aliphatic rings. The van der Waals surface area contributed by atoms with Gasteiger partial charge in [0, 0.05) is 10.9 Å². The number of thiophene rings is 1. The van der Waals surface area contributed by atoms with Crippen molar-refractivity contribution in [3.8, 4) is 11.5 Å². The fraction of sp³-hybridized carbons (Fsp3) is 0.167. The van der Waals surface area contributed by atoms with Gasteiger partial charge in [-0.3, -0.25) is 19.3 Å². The highest BCUT2D eigenvalue weighted by atomic mass is 32.2. The van der Waals surface area contributed by atoms with Crippen LogP contribution < -0.4 is 9.47 Å². The maximum Gasteiger partial charge on any atom is 0.293 e. The van der Waals surface area contributed by atoms with Crippen LogP contribution in [0.3, 0.4) is 0 Å². The zero-order valence-electron chi connectivity index (χ0n) is 14.1. The van der Waals surface area contributed by atoms with Crippen molar-refractivity contribution in [2.75, 3.05) is 20.8 Å². The van der Waals surface area contributed by atoms with E-state index in [9.17, 15) is 14.4 Å². The van der Waals surface area contributed by atoms with E-state index in [1.54, 1.807) is 24.3 Å². The van der Waals surface area contributed by atoms with Crippen LogP contribution in [0.25, 0.3) is 6.08 Å². The molecule has 0 unspecified atom stereocenters. The molecule has 0 atom stereocenters. The standard InChI is InChI=1S/C18H15NO5S2/c1-23-11-5-6-13(15(8-11)24-2)14(20)10-19-17(21)16(26-18(19)22)9-12-4-3-7-25-12/h3-9H,10H2,1-2H3/b16-9-. The number of nitrogens with zero attached hydrogens (tertiary/aromatic N) is 1. The minimum absolute atomic E-state index is 0.287. The van der Waals surface area contributed by atoms with E-state index >= 15 is 0 Å². The molecule has 1 fully saturated rings. The number of ketones is 1. The molecule has 0 saturated carbocycles. The Morgan fingerprint density at radius 3 is 2.65 bits per heavy atom. The molecule has 2 heterocycles. The van der Waals surface area contributed by atoms with E-state index in [-0.39, 0.29) is 17.9 Å². The lowest BCUT2D eigenvalue weighted by molar-refractivity contribution is -0.122. The molecule has 3 rings (SSSR count). The highest BCUT2D eigenvalue weighted by Gasteiger charge is 2.36. The Bertz CT molecular complexity index is 889. The topological polar surface area (TPSA) is 72.9 Å². The lowest BCUT2D eigenvalue weighted by Crippen LogP contribution is -2.33. The molecule has 134 valence electrons. The second-order valence-electron chi connectivity index (χ2n) is 5.27. The molecule has 1 saturated heterocycles. The molecule has 0 bridgehead atoms. The normalized spacial score (nSPS) is 15.6. The molecule has 1 aromatic heterocycles. The van der Waals surface area contributed by atoms with E-state index in [0.717, 1.165) is 21.5 Å². The molecule has 0 aliphatic carbocycles. The number of imide groups is 1. The van der Waals surface area contributed by atoms with Gasteiger partial charge >= 0.3 is 0 Å². The Hall–Kier alpha value is -2.58. The van der Waals surface area contributed by atoms with Gasteiger partial charge in [-0.2, -0.15) is 0 Å². The van der Waals surface area contributed by atoms with Crippen molar-refractivity contribution in [2.24, 2.45) is 0 Å². The molecule has 8 heteroatoms. The lowest BCUT2D eigenvalue weighted by atomic mass is 10.1. The number of hydrogen-bond donors (Lipinski definition) is 0. The van der Waals surface area contributed by atoms with Crippen molar-refractivity contribution in [1.82, 2.24) is 4.90 Å². The Kier molecular flexibility index (Phi) is 5.43. The van der Waals surface area contributed by atoms with Gasteiger partial charge < -0.3 is 9.47 Å². The van der Waals surface area contributed by atoms with Gasteiger partial charge in [0.2, 0.25) is 0 Å². The molecule has 2 amide bonds. The number of thioether (sulfide) groups is 1. The second-order valence-corrected chi connectivity index (χ2v) is 7.25. The molecule has 26 heavy (non-hydrogen) atoms. The first kappa shape index (κ1) is 18.2. The average molecular weight is 389 g/mol. The third kappa shape index (κ3) is 3.66. The first-order valence-corrected chi connectivity index (χ1v) is 9.27. The highest BCUT2D eigenvalue weighted by molar-refractivity contribution is 8.18. The van der Waals surface area contributed by atoms with E-state index in [1.807, 2.05) is 17.5 Å². The summed E-state index contributed by atoms with van der Waals surface area (Å²) >= 11 is 2.30. The largest absolute Gasteiger partial charge is 0.497 e. The maximum atomic E-state index is 12.6. The summed E-state index contributed by atoms with van der Waals surface area (Å²) < 4.78 is 10.3. The number of methoxy groups -OCH3 is 2. The van der Waals surface area contributed by atoms with Crippen LogP contribution in [0.5, 0.6) is 11.5 Å². The van der Waals surface area contributed by atoms with Crippen LogP contribution in [0.2, 0.25) is 0 Å². The van der Waals surface area contributed by atoms with Gasteiger partial charge in [0.05, 0.1) is 31.2 Å². The van der Waals surface area contributed by atoms with Gasteiger partial charge in [-0.25, -0.2) is 0 Å². The molecule has 2 aromatic rings. The van der Waals surface area contributed by atoms with E-state index in [2.05, 4.69) is 0 Å². The first-order valence-electron chi connectivity index (χ1n) is 7.57. The summed E-state index contributed by atoms with van der Waals surface area (Å²) in [6.45, 7) is -0.338. The number of hydrogen-bond acceptors (Lipinski definition) is 7. The maximum absolute atomic E-state index is 12.6. The molecule has 0 N–H and O–H groups in total. The number of carbonyl (C=O) groups excluding carboxylic acids is 3. The Labute approximate surface area is 158 Å². The monoisotopic (exact) mass is 389 g/mol. The first-order chi connectivity index (χ1) is 12.5. The number of Topliss-reactive ketones (excluding diaryl/α,β-unsaturated/α-hetero) is 1. The lowest BCUT2D eigenvalue weighted by Gasteiger charge is -2.14. The van der Waals surface area contributed by atoms with Gasteiger partial charge in [0.15, 0.2) is 5.78 Å². The molecule has 0 radical (unpaired) electrons. The molecular weight excluding hydrogens is 374 g/mol. The average Bonchev–Trinajstić information content (AvgIpc) is 3.25. The molecule has 0 spiro atoms. The summed E-state index contributed by atoms with van der Waals surface area (Å²) in [6, 6.07) is 8.48. The van der Waals surface area contributed by atoms with Gasteiger partial charge in [-0.1, -0.05) is 6.07 Å². The minimum Gasteiger partial charge on any atom is -0.497 e. The fourth-order valence-electron chi connectivity index (χ4n) is 2.40. The van der Waals surface area contributed by atoms with Crippen molar-refractivity contribution >= 4 is 46.1 Å². The number of carbonyl (C=O) groups is 3. The predicted molar refractivity (Wildman–Crippen MR) is 101 cm³/mol. The van der Waals surface area contributed by atoms with Crippen molar-refractivity contribution in [3.63, 3.8) is 0 Å². The van der Waals surface area contributed by atoms with E-state index in [1.165, 1.54) is 25.6 Å². The summed E-state index contributed by atoms with van der Waals surface area (Å²) in [7, 11) is 2.95. The highest BCUT2D eigenvalue weighted by Crippen LogP contribution is 2.33. The summed E-state index contributed by atoms with van der Waals surface area (Å²) in [6.07, 6.45) is 1.66. The zero-order chi connectivity index (χ0) is 18.7. The van der Waals surface area contributed by atoms with Crippen LogP contribution >= 0.6 is 23.1 Å². The molecule has 6 nitrogen and oxygen atoms in total. The minimum atomic E-state index is -0.464. The van der Waals surface area contributed by atoms with Crippen molar-refractivity contribution in [1.29, 1.82) is 0 Å². The number of rotatable bonds is 6. The van der Waals surface area contributed by atoms with Crippen LogP contribution in [0.4, 0.5) is 4.79 Å². The van der Waals surface area contributed by atoms with E-state index in [0.29, 0.717) is 16.4 Å². The van der Waals surface area contributed by atoms with Crippen LogP contribution in [-0.4, -0.2) is 42.6 Å². The zero-order valence-corrected chi connectivity index (χ0v) is 15.7. The van der Waals surface area contributed by atoms with Crippen LogP contribution in [0.1, 0.15) is 15.2 Å². The molecule has 1 aromatic carbocycles. The summed E-state index contributed by atoms with van der Waals surface area (Å²) in [5.74, 6) is 0.0253. The number of ether oxygens (including phenoxy) is 2. The van der Waals surface area contributed by atoms with Gasteiger partial charge in [0.1, 0.15) is 11.5 Å². The molecule has 1 aliphatic heterocycles. The fourth-order valence-corrected chi connectivity index (χ4v) is 3.96. The Morgan fingerprint density at radius 1 is 1.19 bits per heavy atom. The molecular formula is C18H15NO5S2.